The van der Waals surface area contributed by atoms with Crippen LogP contribution in [0.3, 0.4) is 0 Å². The average molecular weight is 368 g/mol. The molecule has 2 heterocycles. The van der Waals surface area contributed by atoms with Gasteiger partial charge in [-0.05, 0) is 39.8 Å². The van der Waals surface area contributed by atoms with Crippen LogP contribution >= 0.6 is 0 Å². The monoisotopic (exact) mass is 368 g/mol. The topological polar surface area (TPSA) is 106 Å². The number of carbonyl (C=O) groups is 2. The number of hydrogen-bond donors (Lipinski definition) is 2. The SMILES string of the molecule is COC(=O)c1ccc([C@@H]2Nc3nonc3NC3=C2C(=O)CC(C)(C)C3)cc1. The zero-order chi connectivity index (χ0) is 19.2. The molecule has 0 radical (unpaired) electrons. The molecule has 8 nitrogen and oxygen atoms in total. The molecule has 0 saturated heterocycles. The Hall–Kier alpha value is -3.16. The smallest absolute Gasteiger partial charge is 0.337 e. The number of esters is 1. The minimum atomic E-state index is -0.420. The molecule has 1 aliphatic carbocycles. The van der Waals surface area contributed by atoms with Crippen molar-refractivity contribution >= 4 is 23.4 Å². The molecule has 2 N–H and O–H groups in total. The third kappa shape index (κ3) is 3.07. The van der Waals surface area contributed by atoms with E-state index in [1.807, 2.05) is 0 Å². The average Bonchev–Trinajstić information content (AvgIpc) is 2.99. The van der Waals surface area contributed by atoms with E-state index in [1.165, 1.54) is 7.11 Å². The first kappa shape index (κ1) is 17.3. The van der Waals surface area contributed by atoms with Crippen molar-refractivity contribution in [2.24, 2.45) is 5.41 Å². The number of hydrogen-bond acceptors (Lipinski definition) is 8. The van der Waals surface area contributed by atoms with Crippen LogP contribution < -0.4 is 10.6 Å². The van der Waals surface area contributed by atoms with Gasteiger partial charge in [0.05, 0.1) is 18.7 Å². The van der Waals surface area contributed by atoms with Crippen LogP contribution in [0.1, 0.15) is 48.7 Å². The van der Waals surface area contributed by atoms with Crippen molar-refractivity contribution in [3.63, 3.8) is 0 Å². The molecule has 2 aromatic rings. The van der Waals surface area contributed by atoms with Gasteiger partial charge in [0.15, 0.2) is 5.78 Å². The summed E-state index contributed by atoms with van der Waals surface area (Å²) in [4.78, 5) is 24.7. The number of aromatic nitrogens is 2. The molecule has 1 aromatic heterocycles. The third-order valence-electron chi connectivity index (χ3n) is 4.91. The first-order valence-electron chi connectivity index (χ1n) is 8.68. The second-order valence-electron chi connectivity index (χ2n) is 7.61. The highest BCUT2D eigenvalue weighted by atomic mass is 16.6. The van der Waals surface area contributed by atoms with Gasteiger partial charge < -0.3 is 15.4 Å². The van der Waals surface area contributed by atoms with E-state index in [-0.39, 0.29) is 11.2 Å². The van der Waals surface area contributed by atoms with E-state index in [9.17, 15) is 9.59 Å². The minimum Gasteiger partial charge on any atom is -0.465 e. The molecule has 0 spiro atoms. The molecule has 1 aromatic carbocycles. The standard InChI is InChI=1S/C19H20N4O4/c1-19(2)8-12-14(13(24)9-19)15(21-17-16(20-12)22-27-23-17)10-4-6-11(7-5-10)18(25)26-3/h4-7,15H,8-9H2,1-3H3,(H,20,22)(H,21,23)/t15-/m0/s1. The Balaban J connectivity index is 1.80. The van der Waals surface area contributed by atoms with Gasteiger partial charge in [0.25, 0.3) is 0 Å². The lowest BCUT2D eigenvalue weighted by atomic mass is 9.73. The fraction of sp³-hybridized carbons (Fsp3) is 0.368. The maximum atomic E-state index is 13.0. The molecule has 4 rings (SSSR count). The van der Waals surface area contributed by atoms with Crippen LogP contribution in [-0.2, 0) is 9.53 Å². The number of nitrogens with zero attached hydrogens (tertiary/aromatic N) is 2. The predicted octanol–water partition coefficient (Wildman–Crippen LogP) is 3.08. The van der Waals surface area contributed by atoms with Crippen molar-refractivity contribution in [3.8, 4) is 0 Å². The van der Waals surface area contributed by atoms with Gasteiger partial charge in [-0.3, -0.25) is 4.79 Å². The van der Waals surface area contributed by atoms with E-state index in [0.717, 1.165) is 11.3 Å². The molecule has 1 atom stereocenters. The Morgan fingerprint density at radius 1 is 1.19 bits per heavy atom. The molecular formula is C19H20N4O4. The van der Waals surface area contributed by atoms with E-state index in [0.29, 0.717) is 35.6 Å². The Bertz CT molecular complexity index is 943. The lowest BCUT2D eigenvalue weighted by Gasteiger charge is -2.34. The largest absolute Gasteiger partial charge is 0.465 e. The molecule has 0 saturated carbocycles. The lowest BCUT2D eigenvalue weighted by Crippen LogP contribution is -2.31. The van der Waals surface area contributed by atoms with Crippen molar-refractivity contribution in [2.75, 3.05) is 17.7 Å². The zero-order valence-electron chi connectivity index (χ0n) is 15.3. The summed E-state index contributed by atoms with van der Waals surface area (Å²) in [6, 6.07) is 6.55. The number of ether oxygens (including phenoxy) is 1. The number of rotatable bonds is 2. The first-order valence-corrected chi connectivity index (χ1v) is 8.68. The van der Waals surface area contributed by atoms with E-state index in [4.69, 9.17) is 9.37 Å². The quantitative estimate of drug-likeness (QED) is 0.779. The van der Waals surface area contributed by atoms with Crippen LogP contribution in [0.4, 0.5) is 11.6 Å². The number of fused-ring (bicyclic) bond motifs is 1. The summed E-state index contributed by atoms with van der Waals surface area (Å²) >= 11 is 0. The number of carbonyl (C=O) groups excluding carboxylic acids is 2. The summed E-state index contributed by atoms with van der Waals surface area (Å²) in [5.41, 5.74) is 2.62. The number of methoxy groups -OCH3 is 1. The van der Waals surface area contributed by atoms with Gasteiger partial charge in [-0.15, -0.1) is 0 Å². The number of allylic oxidation sites excluding steroid dienone is 1. The van der Waals surface area contributed by atoms with Crippen LogP contribution in [0.2, 0.25) is 0 Å². The van der Waals surface area contributed by atoms with Gasteiger partial charge >= 0.3 is 5.97 Å². The van der Waals surface area contributed by atoms with E-state index in [1.54, 1.807) is 24.3 Å². The molecule has 0 fully saturated rings. The summed E-state index contributed by atoms with van der Waals surface area (Å²) in [6.45, 7) is 4.13. The molecule has 0 bridgehead atoms. The van der Waals surface area contributed by atoms with Gasteiger partial charge in [-0.1, -0.05) is 26.0 Å². The highest BCUT2D eigenvalue weighted by Crippen LogP contribution is 2.44. The van der Waals surface area contributed by atoms with Crippen LogP contribution in [0.5, 0.6) is 0 Å². The van der Waals surface area contributed by atoms with E-state index >= 15 is 0 Å². The zero-order valence-corrected chi connectivity index (χ0v) is 15.3. The summed E-state index contributed by atoms with van der Waals surface area (Å²) in [5.74, 6) is 0.569. The van der Waals surface area contributed by atoms with E-state index < -0.39 is 12.0 Å². The molecule has 2 aliphatic rings. The molecule has 27 heavy (non-hydrogen) atoms. The summed E-state index contributed by atoms with van der Waals surface area (Å²) < 4.78 is 9.58. The predicted molar refractivity (Wildman–Crippen MR) is 97.1 cm³/mol. The van der Waals surface area contributed by atoms with Gasteiger partial charge in [0.2, 0.25) is 11.6 Å². The third-order valence-corrected chi connectivity index (χ3v) is 4.91. The fourth-order valence-electron chi connectivity index (χ4n) is 3.68. The molecule has 1 aliphatic heterocycles. The van der Waals surface area contributed by atoms with Crippen LogP contribution in [0, 0.1) is 5.41 Å². The number of ketones is 1. The van der Waals surface area contributed by atoms with Crippen molar-refractivity contribution in [2.45, 2.75) is 32.7 Å². The Morgan fingerprint density at radius 3 is 2.59 bits per heavy atom. The van der Waals surface area contributed by atoms with E-state index in [2.05, 4.69) is 34.8 Å². The molecule has 140 valence electrons. The Morgan fingerprint density at radius 2 is 1.89 bits per heavy atom. The van der Waals surface area contributed by atoms with Gasteiger partial charge in [-0.2, -0.15) is 0 Å². The normalized spacial score (nSPS) is 20.7. The number of benzene rings is 1. The maximum Gasteiger partial charge on any atom is 0.337 e. The molecule has 0 amide bonds. The van der Waals surface area contributed by atoms with Crippen molar-refractivity contribution < 1.29 is 19.0 Å². The van der Waals surface area contributed by atoms with Crippen LogP contribution in [0.15, 0.2) is 40.2 Å². The first-order chi connectivity index (χ1) is 12.9. The summed E-state index contributed by atoms with van der Waals surface area (Å²) in [6.07, 6.45) is 1.17. The number of anilines is 2. The lowest BCUT2D eigenvalue weighted by molar-refractivity contribution is -0.118. The highest BCUT2D eigenvalue weighted by molar-refractivity contribution is 6.00. The number of Topliss-reactive ketones (excluding diaryl/α,β-unsaturated/α-hetero) is 1. The van der Waals surface area contributed by atoms with Crippen LogP contribution in [-0.4, -0.2) is 29.2 Å². The summed E-state index contributed by atoms with van der Waals surface area (Å²) in [5, 5.41) is 14.3. The Kier molecular flexibility index (Phi) is 3.98. The van der Waals surface area contributed by atoms with Gasteiger partial charge in [0, 0.05) is 17.7 Å². The fourth-order valence-corrected chi connectivity index (χ4v) is 3.68. The molecular weight excluding hydrogens is 348 g/mol. The number of nitrogens with one attached hydrogen (secondary N) is 2. The highest BCUT2D eigenvalue weighted by Gasteiger charge is 2.39. The van der Waals surface area contributed by atoms with Crippen LogP contribution in [0.25, 0.3) is 0 Å². The van der Waals surface area contributed by atoms with Crippen molar-refractivity contribution in [3.05, 3.63) is 46.7 Å². The maximum absolute atomic E-state index is 13.0. The second kappa shape index (κ2) is 6.22. The minimum absolute atomic E-state index is 0.0744. The van der Waals surface area contributed by atoms with Crippen molar-refractivity contribution in [1.82, 2.24) is 10.3 Å². The Labute approximate surface area is 155 Å². The van der Waals surface area contributed by atoms with Crippen molar-refractivity contribution in [1.29, 1.82) is 0 Å². The van der Waals surface area contributed by atoms with Gasteiger partial charge in [0.1, 0.15) is 0 Å². The molecule has 8 heteroatoms. The van der Waals surface area contributed by atoms with Gasteiger partial charge in [-0.25, -0.2) is 9.42 Å². The summed E-state index contributed by atoms with van der Waals surface area (Å²) in [7, 11) is 1.34. The molecule has 0 unspecified atom stereocenters. The second-order valence-corrected chi connectivity index (χ2v) is 7.61.